The number of rotatable bonds is 13. The van der Waals surface area contributed by atoms with Crippen LogP contribution in [-0.4, -0.2) is 55.5 Å². The monoisotopic (exact) mass is 482 g/mol. The van der Waals surface area contributed by atoms with Crippen molar-refractivity contribution in [2.24, 2.45) is 0 Å². The van der Waals surface area contributed by atoms with E-state index in [1.165, 1.54) is 0 Å². The molecule has 8 heteroatoms. The van der Waals surface area contributed by atoms with E-state index >= 15 is 0 Å². The number of carbonyl (C=O) groups is 3. The van der Waals surface area contributed by atoms with Gasteiger partial charge in [0.15, 0.2) is 0 Å². The van der Waals surface area contributed by atoms with Crippen LogP contribution in [0.2, 0.25) is 0 Å². The Bertz CT molecular complexity index is 979. The van der Waals surface area contributed by atoms with E-state index in [4.69, 9.17) is 9.47 Å². The maximum Gasteiger partial charge on any atom is 0.407 e. The quantitative estimate of drug-likeness (QED) is 0.371. The Morgan fingerprint density at radius 1 is 0.914 bits per heavy atom. The van der Waals surface area contributed by atoms with Crippen molar-refractivity contribution in [1.29, 1.82) is 0 Å². The molecule has 2 aromatic carbocycles. The van der Waals surface area contributed by atoms with E-state index < -0.39 is 30.1 Å². The van der Waals surface area contributed by atoms with Crippen molar-refractivity contribution in [3.05, 3.63) is 59.7 Å². The molecule has 188 valence electrons. The Balaban J connectivity index is 1.64. The first-order valence-corrected chi connectivity index (χ1v) is 12.1. The zero-order valence-electron chi connectivity index (χ0n) is 20.3. The number of unbranched alkanes of at least 4 members (excludes halogenated alkanes) is 1. The smallest absolute Gasteiger partial charge is 0.407 e. The second-order valence-electron chi connectivity index (χ2n) is 8.70. The lowest BCUT2D eigenvalue weighted by molar-refractivity contribution is -0.142. The van der Waals surface area contributed by atoms with E-state index in [0.29, 0.717) is 32.3 Å². The average Bonchev–Trinajstić information content (AvgIpc) is 3.18. The third-order valence-corrected chi connectivity index (χ3v) is 6.25. The SMILES string of the molecule is CCCC[C@H](NC(=O)C(CCCOC)NC(=O)OCC1c2ccccc2-c2ccccc21)C(=O)O. The van der Waals surface area contributed by atoms with Crippen molar-refractivity contribution in [2.75, 3.05) is 20.3 Å². The molecule has 0 radical (unpaired) electrons. The second-order valence-corrected chi connectivity index (χ2v) is 8.70. The first kappa shape index (κ1) is 26.2. The summed E-state index contributed by atoms with van der Waals surface area (Å²) in [6.45, 7) is 2.49. The van der Waals surface area contributed by atoms with Crippen molar-refractivity contribution in [2.45, 2.75) is 57.0 Å². The van der Waals surface area contributed by atoms with Gasteiger partial charge in [0.05, 0.1) is 0 Å². The van der Waals surface area contributed by atoms with Gasteiger partial charge in [-0.05, 0) is 41.5 Å². The fourth-order valence-corrected chi connectivity index (χ4v) is 4.42. The molecule has 1 aliphatic carbocycles. The molecule has 0 aromatic heterocycles. The predicted octanol–water partition coefficient (Wildman–Crippen LogP) is 4.08. The number of ether oxygens (including phenoxy) is 2. The number of fused-ring (bicyclic) bond motifs is 3. The molecule has 0 bridgehead atoms. The van der Waals surface area contributed by atoms with Crippen molar-refractivity contribution < 1.29 is 29.0 Å². The Morgan fingerprint density at radius 2 is 1.51 bits per heavy atom. The zero-order valence-corrected chi connectivity index (χ0v) is 20.3. The van der Waals surface area contributed by atoms with E-state index in [2.05, 4.69) is 22.8 Å². The molecular weight excluding hydrogens is 448 g/mol. The first-order valence-electron chi connectivity index (χ1n) is 12.1. The van der Waals surface area contributed by atoms with E-state index in [1.807, 2.05) is 43.3 Å². The molecular formula is C27H34N2O6. The van der Waals surface area contributed by atoms with Crippen LogP contribution in [0.1, 0.15) is 56.1 Å². The van der Waals surface area contributed by atoms with Gasteiger partial charge in [0.25, 0.3) is 0 Å². The van der Waals surface area contributed by atoms with E-state index in [0.717, 1.165) is 28.7 Å². The molecule has 0 saturated carbocycles. The molecule has 35 heavy (non-hydrogen) atoms. The molecule has 1 aliphatic rings. The summed E-state index contributed by atoms with van der Waals surface area (Å²) in [5.74, 6) is -1.74. The number of nitrogens with one attached hydrogen (secondary N) is 2. The fraction of sp³-hybridized carbons (Fsp3) is 0.444. The van der Waals surface area contributed by atoms with Gasteiger partial charge in [-0.2, -0.15) is 0 Å². The Labute approximate surface area is 206 Å². The van der Waals surface area contributed by atoms with Crippen molar-refractivity contribution >= 4 is 18.0 Å². The number of hydrogen-bond acceptors (Lipinski definition) is 5. The highest BCUT2D eigenvalue weighted by atomic mass is 16.5. The van der Waals surface area contributed by atoms with Gasteiger partial charge < -0.3 is 25.2 Å². The fourth-order valence-electron chi connectivity index (χ4n) is 4.42. The average molecular weight is 483 g/mol. The summed E-state index contributed by atoms with van der Waals surface area (Å²) in [5, 5.41) is 14.6. The molecule has 3 N–H and O–H groups in total. The lowest BCUT2D eigenvalue weighted by Crippen LogP contribution is -2.51. The maximum atomic E-state index is 12.9. The number of benzene rings is 2. The minimum absolute atomic E-state index is 0.0978. The number of aliphatic carboxylic acids is 1. The van der Waals surface area contributed by atoms with Crippen LogP contribution in [0.25, 0.3) is 11.1 Å². The lowest BCUT2D eigenvalue weighted by atomic mass is 9.98. The van der Waals surface area contributed by atoms with Gasteiger partial charge in [-0.1, -0.05) is 68.3 Å². The number of alkyl carbamates (subject to hydrolysis) is 1. The third kappa shape index (κ3) is 6.82. The number of carboxylic acid groups (broad SMARTS) is 1. The highest BCUT2D eigenvalue weighted by Crippen LogP contribution is 2.44. The van der Waals surface area contributed by atoms with Gasteiger partial charge in [-0.25, -0.2) is 9.59 Å². The van der Waals surface area contributed by atoms with Crippen LogP contribution in [-0.2, 0) is 19.1 Å². The highest BCUT2D eigenvalue weighted by Gasteiger charge is 2.30. The molecule has 0 spiro atoms. The van der Waals surface area contributed by atoms with E-state index in [9.17, 15) is 19.5 Å². The molecule has 2 aromatic rings. The number of amides is 2. The number of carboxylic acids is 1. The van der Waals surface area contributed by atoms with Crippen molar-refractivity contribution in [3.63, 3.8) is 0 Å². The Kier molecular flexibility index (Phi) is 9.66. The summed E-state index contributed by atoms with van der Waals surface area (Å²) in [7, 11) is 1.55. The van der Waals surface area contributed by atoms with Crippen LogP contribution in [0.3, 0.4) is 0 Å². The zero-order chi connectivity index (χ0) is 25.2. The summed E-state index contributed by atoms with van der Waals surface area (Å²) in [6, 6.07) is 14.1. The third-order valence-electron chi connectivity index (χ3n) is 6.25. The van der Waals surface area contributed by atoms with Gasteiger partial charge in [0, 0.05) is 19.6 Å². The molecule has 2 atom stereocenters. The minimum atomic E-state index is -1.09. The molecule has 8 nitrogen and oxygen atoms in total. The summed E-state index contributed by atoms with van der Waals surface area (Å²) in [6.07, 6.45) is 1.91. The molecule has 0 saturated heterocycles. The number of methoxy groups -OCH3 is 1. The van der Waals surface area contributed by atoms with Crippen LogP contribution >= 0.6 is 0 Å². The van der Waals surface area contributed by atoms with E-state index in [1.54, 1.807) is 7.11 Å². The number of carbonyl (C=O) groups excluding carboxylic acids is 2. The van der Waals surface area contributed by atoms with Gasteiger partial charge in [0.2, 0.25) is 5.91 Å². The molecule has 0 fully saturated rings. The van der Waals surface area contributed by atoms with Crippen LogP contribution in [0.5, 0.6) is 0 Å². The second kappa shape index (κ2) is 12.9. The minimum Gasteiger partial charge on any atom is -0.480 e. The van der Waals surface area contributed by atoms with Crippen LogP contribution in [0, 0.1) is 0 Å². The van der Waals surface area contributed by atoms with Crippen LogP contribution in [0.4, 0.5) is 4.79 Å². The largest absolute Gasteiger partial charge is 0.480 e. The molecule has 0 aliphatic heterocycles. The highest BCUT2D eigenvalue weighted by molar-refractivity contribution is 5.89. The van der Waals surface area contributed by atoms with E-state index in [-0.39, 0.29) is 12.5 Å². The summed E-state index contributed by atoms with van der Waals surface area (Å²) >= 11 is 0. The summed E-state index contributed by atoms with van der Waals surface area (Å²) < 4.78 is 10.6. The Morgan fingerprint density at radius 3 is 2.09 bits per heavy atom. The van der Waals surface area contributed by atoms with Crippen LogP contribution in [0.15, 0.2) is 48.5 Å². The topological polar surface area (TPSA) is 114 Å². The molecule has 2 amide bonds. The molecule has 3 rings (SSSR count). The summed E-state index contributed by atoms with van der Waals surface area (Å²) in [4.78, 5) is 37.1. The van der Waals surface area contributed by atoms with Gasteiger partial charge >= 0.3 is 12.1 Å². The van der Waals surface area contributed by atoms with Gasteiger partial charge in [-0.15, -0.1) is 0 Å². The Hall–Kier alpha value is -3.39. The van der Waals surface area contributed by atoms with Gasteiger partial charge in [0.1, 0.15) is 18.7 Å². The van der Waals surface area contributed by atoms with Crippen molar-refractivity contribution in [1.82, 2.24) is 10.6 Å². The molecule has 1 unspecified atom stereocenters. The first-order chi connectivity index (χ1) is 17.0. The van der Waals surface area contributed by atoms with Crippen molar-refractivity contribution in [3.8, 4) is 11.1 Å². The number of hydrogen-bond donors (Lipinski definition) is 3. The van der Waals surface area contributed by atoms with Crippen LogP contribution < -0.4 is 10.6 Å². The standard InChI is InChI=1S/C27H34N2O6/c1-3-4-14-24(26(31)32)28-25(30)23(15-9-16-34-2)29-27(33)35-17-22-20-12-7-5-10-18(20)19-11-6-8-13-21(19)22/h5-8,10-13,22-24H,3-4,9,14-17H2,1-2H3,(H,28,30)(H,29,33)(H,31,32)/t23?,24-/m0/s1. The lowest BCUT2D eigenvalue weighted by Gasteiger charge is -2.22. The summed E-state index contributed by atoms with van der Waals surface area (Å²) in [5.41, 5.74) is 4.44. The normalized spacial score (nSPS) is 13.9. The maximum absolute atomic E-state index is 12.9. The molecule has 0 heterocycles. The van der Waals surface area contributed by atoms with Gasteiger partial charge in [-0.3, -0.25) is 4.79 Å². The predicted molar refractivity (Wildman–Crippen MR) is 132 cm³/mol.